The number of hydrogen-bond acceptors (Lipinski definition) is 3. The van der Waals surface area contributed by atoms with Crippen molar-refractivity contribution in [3.63, 3.8) is 0 Å². The molecule has 1 aliphatic rings. The van der Waals surface area contributed by atoms with Gasteiger partial charge < -0.3 is 5.32 Å². The maximum absolute atomic E-state index is 8.91. The summed E-state index contributed by atoms with van der Waals surface area (Å²) in [6, 6.07) is 16.7. The van der Waals surface area contributed by atoms with Crippen LogP contribution in [0.4, 0.5) is 5.69 Å². The molecule has 1 heterocycles. The number of thioether (sulfide) groups is 1. The van der Waals surface area contributed by atoms with Crippen molar-refractivity contribution in [3.8, 4) is 6.07 Å². The predicted molar refractivity (Wildman–Crippen MR) is 87.8 cm³/mol. The summed E-state index contributed by atoms with van der Waals surface area (Å²) >= 11 is 5.48. The minimum atomic E-state index is 0.314. The van der Waals surface area contributed by atoms with E-state index in [0.717, 1.165) is 21.7 Å². The average molecular weight is 345 g/mol. The van der Waals surface area contributed by atoms with Crippen molar-refractivity contribution in [2.24, 2.45) is 0 Å². The van der Waals surface area contributed by atoms with Gasteiger partial charge in [0.2, 0.25) is 0 Å². The Labute approximate surface area is 131 Å². The van der Waals surface area contributed by atoms with E-state index in [4.69, 9.17) is 5.26 Å². The van der Waals surface area contributed by atoms with Crippen LogP contribution < -0.4 is 5.32 Å². The molecule has 0 amide bonds. The normalized spacial score (nSPS) is 17.1. The van der Waals surface area contributed by atoms with Gasteiger partial charge in [-0.1, -0.05) is 24.3 Å². The molecule has 1 unspecified atom stereocenters. The Morgan fingerprint density at radius 1 is 1.25 bits per heavy atom. The molecule has 0 bridgehead atoms. The van der Waals surface area contributed by atoms with Crippen LogP contribution >= 0.6 is 27.7 Å². The molecule has 0 aliphatic carbocycles. The van der Waals surface area contributed by atoms with E-state index in [2.05, 4.69) is 51.6 Å². The third kappa shape index (κ3) is 2.70. The second kappa shape index (κ2) is 5.90. The summed E-state index contributed by atoms with van der Waals surface area (Å²) in [6.45, 7) is 0. The van der Waals surface area contributed by atoms with Crippen LogP contribution in [0.3, 0.4) is 0 Å². The number of rotatable bonds is 2. The van der Waals surface area contributed by atoms with Gasteiger partial charge in [0, 0.05) is 21.7 Å². The Morgan fingerprint density at radius 2 is 2.10 bits per heavy atom. The zero-order valence-corrected chi connectivity index (χ0v) is 13.2. The number of benzene rings is 2. The zero-order valence-electron chi connectivity index (χ0n) is 10.8. The monoisotopic (exact) mass is 344 g/mol. The molecule has 0 aromatic heterocycles. The quantitative estimate of drug-likeness (QED) is 0.855. The van der Waals surface area contributed by atoms with E-state index in [0.29, 0.717) is 11.6 Å². The van der Waals surface area contributed by atoms with Gasteiger partial charge in [-0.05, 0) is 45.3 Å². The first-order chi connectivity index (χ1) is 9.78. The Morgan fingerprint density at radius 3 is 2.90 bits per heavy atom. The fraction of sp³-hybridized carbons (Fsp3) is 0.188. The molecule has 0 saturated heterocycles. The minimum Gasteiger partial charge on any atom is -0.376 e. The largest absolute Gasteiger partial charge is 0.376 e. The SMILES string of the molecule is N#Cc1ccc(NC2CSCc3ccccc32)c(Br)c1. The molecule has 0 radical (unpaired) electrons. The summed E-state index contributed by atoms with van der Waals surface area (Å²) < 4.78 is 0.935. The molecular weight excluding hydrogens is 332 g/mol. The Balaban J connectivity index is 1.88. The molecule has 1 atom stereocenters. The van der Waals surface area contributed by atoms with Crippen LogP contribution in [0.2, 0.25) is 0 Å². The van der Waals surface area contributed by atoms with Crippen molar-refractivity contribution in [3.05, 3.63) is 63.6 Å². The first kappa shape index (κ1) is 13.5. The number of nitrogens with one attached hydrogen (secondary N) is 1. The van der Waals surface area contributed by atoms with Crippen molar-refractivity contribution < 1.29 is 0 Å². The number of fused-ring (bicyclic) bond motifs is 1. The van der Waals surface area contributed by atoms with Gasteiger partial charge in [-0.25, -0.2) is 0 Å². The first-order valence-corrected chi connectivity index (χ1v) is 8.34. The van der Waals surface area contributed by atoms with Gasteiger partial charge in [0.15, 0.2) is 0 Å². The lowest BCUT2D eigenvalue weighted by molar-refractivity contribution is 0.870. The average Bonchev–Trinajstić information content (AvgIpc) is 2.49. The number of halogens is 1. The van der Waals surface area contributed by atoms with E-state index >= 15 is 0 Å². The summed E-state index contributed by atoms with van der Waals surface area (Å²) in [5.74, 6) is 2.15. The van der Waals surface area contributed by atoms with Crippen molar-refractivity contribution in [2.45, 2.75) is 11.8 Å². The Kier molecular flexibility index (Phi) is 4.00. The van der Waals surface area contributed by atoms with Crippen LogP contribution in [0, 0.1) is 11.3 Å². The highest BCUT2D eigenvalue weighted by Gasteiger charge is 2.20. The Bertz CT molecular complexity index is 678. The molecule has 0 saturated carbocycles. The highest BCUT2D eigenvalue weighted by Crippen LogP contribution is 2.35. The molecule has 0 spiro atoms. The fourth-order valence-corrected chi connectivity index (χ4v) is 3.98. The van der Waals surface area contributed by atoms with Gasteiger partial charge in [-0.15, -0.1) is 0 Å². The second-order valence-electron chi connectivity index (χ2n) is 4.72. The maximum atomic E-state index is 8.91. The number of anilines is 1. The molecule has 0 fully saturated rings. The van der Waals surface area contributed by atoms with Crippen LogP contribution in [0.25, 0.3) is 0 Å². The van der Waals surface area contributed by atoms with Gasteiger partial charge in [0.05, 0.1) is 17.7 Å². The van der Waals surface area contributed by atoms with Crippen molar-refractivity contribution in [1.29, 1.82) is 5.26 Å². The lowest BCUT2D eigenvalue weighted by Crippen LogP contribution is -2.18. The predicted octanol–water partition coefficient (Wildman–Crippen LogP) is 4.72. The maximum Gasteiger partial charge on any atom is 0.0992 e. The summed E-state index contributed by atoms with van der Waals surface area (Å²) in [5, 5.41) is 12.5. The van der Waals surface area contributed by atoms with Crippen LogP contribution in [-0.2, 0) is 5.75 Å². The van der Waals surface area contributed by atoms with Gasteiger partial charge >= 0.3 is 0 Å². The number of nitriles is 1. The highest BCUT2D eigenvalue weighted by molar-refractivity contribution is 9.10. The molecule has 100 valence electrons. The van der Waals surface area contributed by atoms with Crippen molar-refractivity contribution >= 4 is 33.4 Å². The zero-order chi connectivity index (χ0) is 13.9. The standard InChI is InChI=1S/C16H13BrN2S/c17-14-7-11(8-18)5-6-15(14)19-16-10-20-9-12-3-1-2-4-13(12)16/h1-7,16,19H,9-10H2. The molecule has 2 aromatic carbocycles. The van der Waals surface area contributed by atoms with E-state index in [1.807, 2.05) is 30.0 Å². The van der Waals surface area contributed by atoms with Gasteiger partial charge in [-0.3, -0.25) is 0 Å². The fourth-order valence-electron chi connectivity index (χ4n) is 2.39. The van der Waals surface area contributed by atoms with E-state index < -0.39 is 0 Å². The smallest absolute Gasteiger partial charge is 0.0992 e. The molecule has 4 heteroatoms. The van der Waals surface area contributed by atoms with E-state index in [-0.39, 0.29) is 0 Å². The highest BCUT2D eigenvalue weighted by atomic mass is 79.9. The van der Waals surface area contributed by atoms with Crippen molar-refractivity contribution in [2.75, 3.05) is 11.1 Å². The van der Waals surface area contributed by atoms with Gasteiger partial charge in [0.1, 0.15) is 0 Å². The summed E-state index contributed by atoms with van der Waals surface area (Å²) in [7, 11) is 0. The third-order valence-corrected chi connectivity index (χ3v) is 5.14. The number of hydrogen-bond donors (Lipinski definition) is 1. The van der Waals surface area contributed by atoms with Gasteiger partial charge in [0.25, 0.3) is 0 Å². The van der Waals surface area contributed by atoms with Crippen LogP contribution in [0.15, 0.2) is 46.9 Å². The Hall–Kier alpha value is -1.44. The van der Waals surface area contributed by atoms with Gasteiger partial charge in [-0.2, -0.15) is 17.0 Å². The lowest BCUT2D eigenvalue weighted by atomic mass is 10.0. The van der Waals surface area contributed by atoms with E-state index in [1.165, 1.54) is 11.1 Å². The molecule has 20 heavy (non-hydrogen) atoms. The number of nitrogens with zero attached hydrogens (tertiary/aromatic N) is 1. The molecule has 1 aliphatic heterocycles. The summed E-state index contributed by atoms with van der Waals surface area (Å²) in [6.07, 6.45) is 0. The second-order valence-corrected chi connectivity index (χ2v) is 6.60. The molecule has 2 nitrogen and oxygen atoms in total. The summed E-state index contributed by atoms with van der Waals surface area (Å²) in [5.41, 5.74) is 4.49. The molecule has 1 N–H and O–H groups in total. The van der Waals surface area contributed by atoms with Crippen LogP contribution in [0.1, 0.15) is 22.7 Å². The molecule has 3 rings (SSSR count). The van der Waals surface area contributed by atoms with Crippen molar-refractivity contribution in [1.82, 2.24) is 0 Å². The summed E-state index contributed by atoms with van der Waals surface area (Å²) in [4.78, 5) is 0. The van der Waals surface area contributed by atoms with Crippen LogP contribution in [0.5, 0.6) is 0 Å². The molecular formula is C16H13BrN2S. The first-order valence-electron chi connectivity index (χ1n) is 6.39. The topological polar surface area (TPSA) is 35.8 Å². The third-order valence-electron chi connectivity index (χ3n) is 3.40. The van der Waals surface area contributed by atoms with Crippen LogP contribution in [-0.4, -0.2) is 5.75 Å². The lowest BCUT2D eigenvalue weighted by Gasteiger charge is -2.27. The molecule has 2 aromatic rings. The minimum absolute atomic E-state index is 0.314. The van der Waals surface area contributed by atoms with E-state index in [1.54, 1.807) is 0 Å². The van der Waals surface area contributed by atoms with E-state index in [9.17, 15) is 0 Å².